The SMILES string of the molecule is Cn1c(=O)n(C2CCC(=O)NC2=O)c2cccc(OC(C)(C)C)c21. The number of nitrogens with zero attached hydrogens (tertiary/aromatic N) is 2. The smallest absolute Gasteiger partial charge is 0.329 e. The summed E-state index contributed by atoms with van der Waals surface area (Å²) in [5, 5.41) is 2.30. The number of carbonyl (C=O) groups is 2. The van der Waals surface area contributed by atoms with Gasteiger partial charge in [-0.3, -0.25) is 24.0 Å². The van der Waals surface area contributed by atoms with E-state index < -0.39 is 17.6 Å². The Morgan fingerprint density at radius 2 is 1.92 bits per heavy atom. The zero-order valence-corrected chi connectivity index (χ0v) is 14.3. The average molecular weight is 331 g/mol. The van der Waals surface area contributed by atoms with Gasteiger partial charge in [0.25, 0.3) is 0 Å². The molecule has 2 amide bonds. The maximum atomic E-state index is 12.7. The molecule has 128 valence electrons. The van der Waals surface area contributed by atoms with E-state index >= 15 is 0 Å². The van der Waals surface area contributed by atoms with E-state index in [9.17, 15) is 14.4 Å². The minimum absolute atomic E-state index is 0.220. The number of ether oxygens (including phenoxy) is 1. The number of amides is 2. The molecule has 1 unspecified atom stereocenters. The van der Waals surface area contributed by atoms with Crippen LogP contribution in [0.4, 0.5) is 0 Å². The van der Waals surface area contributed by atoms with E-state index in [-0.39, 0.29) is 18.0 Å². The van der Waals surface area contributed by atoms with E-state index in [4.69, 9.17) is 4.74 Å². The Bertz CT molecular complexity index is 886. The Labute approximate surface area is 139 Å². The lowest BCUT2D eigenvalue weighted by molar-refractivity contribution is -0.135. The molecule has 0 spiro atoms. The maximum absolute atomic E-state index is 12.7. The third kappa shape index (κ3) is 2.70. The highest BCUT2D eigenvalue weighted by Gasteiger charge is 2.32. The predicted octanol–water partition coefficient (Wildman–Crippen LogP) is 1.49. The largest absolute Gasteiger partial charge is 0.486 e. The normalized spacial score (nSPS) is 18.8. The van der Waals surface area contributed by atoms with Crippen molar-refractivity contribution in [2.24, 2.45) is 7.05 Å². The Kier molecular flexibility index (Phi) is 3.74. The van der Waals surface area contributed by atoms with Crippen LogP contribution in [0.1, 0.15) is 39.7 Å². The van der Waals surface area contributed by atoms with E-state index in [1.165, 1.54) is 9.13 Å². The van der Waals surface area contributed by atoms with Crippen LogP contribution in [0.2, 0.25) is 0 Å². The number of imidazole rings is 1. The van der Waals surface area contributed by atoms with Crippen LogP contribution in [0, 0.1) is 0 Å². The molecular formula is C17H21N3O4. The Morgan fingerprint density at radius 3 is 2.54 bits per heavy atom. The van der Waals surface area contributed by atoms with Crippen molar-refractivity contribution in [2.75, 3.05) is 0 Å². The first-order chi connectivity index (χ1) is 11.2. The molecule has 2 aromatic rings. The molecule has 24 heavy (non-hydrogen) atoms. The Morgan fingerprint density at radius 1 is 1.21 bits per heavy atom. The summed E-state index contributed by atoms with van der Waals surface area (Å²) >= 11 is 0. The molecule has 0 aliphatic carbocycles. The molecule has 1 aliphatic rings. The maximum Gasteiger partial charge on any atom is 0.329 e. The number of piperidine rings is 1. The van der Waals surface area contributed by atoms with Crippen LogP contribution >= 0.6 is 0 Å². The molecule has 1 atom stereocenters. The summed E-state index contributed by atoms with van der Waals surface area (Å²) < 4.78 is 8.90. The molecule has 1 aromatic heterocycles. The number of benzene rings is 1. The number of hydrogen-bond acceptors (Lipinski definition) is 4. The summed E-state index contributed by atoms with van der Waals surface area (Å²) in [6.07, 6.45) is 0.533. The molecule has 2 heterocycles. The third-order valence-electron chi connectivity index (χ3n) is 4.00. The summed E-state index contributed by atoms with van der Waals surface area (Å²) in [6.45, 7) is 5.80. The van der Waals surface area contributed by atoms with Gasteiger partial charge < -0.3 is 4.74 Å². The van der Waals surface area contributed by atoms with E-state index in [2.05, 4.69) is 5.32 Å². The fraction of sp³-hybridized carbons (Fsp3) is 0.471. The molecule has 1 fully saturated rings. The second-order valence-corrected chi connectivity index (χ2v) is 7.02. The predicted molar refractivity (Wildman–Crippen MR) is 89.0 cm³/mol. The second-order valence-electron chi connectivity index (χ2n) is 7.02. The minimum Gasteiger partial charge on any atom is -0.486 e. The fourth-order valence-electron chi connectivity index (χ4n) is 3.04. The number of imide groups is 1. The summed E-state index contributed by atoms with van der Waals surface area (Å²) in [4.78, 5) is 36.3. The van der Waals surface area contributed by atoms with Crippen LogP contribution in [-0.4, -0.2) is 26.5 Å². The van der Waals surface area contributed by atoms with Crippen LogP contribution < -0.4 is 15.7 Å². The van der Waals surface area contributed by atoms with Gasteiger partial charge in [-0.1, -0.05) is 6.07 Å². The monoisotopic (exact) mass is 331 g/mol. The first-order valence-electron chi connectivity index (χ1n) is 7.91. The van der Waals surface area contributed by atoms with Gasteiger partial charge in [-0.2, -0.15) is 0 Å². The fourth-order valence-corrected chi connectivity index (χ4v) is 3.04. The third-order valence-corrected chi connectivity index (χ3v) is 4.00. The quantitative estimate of drug-likeness (QED) is 0.845. The van der Waals surface area contributed by atoms with Crippen molar-refractivity contribution in [3.8, 4) is 5.75 Å². The van der Waals surface area contributed by atoms with Crippen LogP contribution in [-0.2, 0) is 16.6 Å². The van der Waals surface area contributed by atoms with E-state index in [0.29, 0.717) is 23.2 Å². The standard InChI is InChI=1S/C17H21N3O4/c1-17(2,3)24-12-7-5-6-10-14(12)19(4)16(23)20(10)11-8-9-13(21)18-15(11)22/h5-7,11H,8-9H2,1-4H3,(H,18,21,22). The average Bonchev–Trinajstić information content (AvgIpc) is 2.71. The van der Waals surface area contributed by atoms with E-state index in [1.807, 2.05) is 26.8 Å². The van der Waals surface area contributed by atoms with Crippen LogP contribution in [0.25, 0.3) is 11.0 Å². The molecular weight excluding hydrogens is 310 g/mol. The summed E-state index contributed by atoms with van der Waals surface area (Å²) in [5.74, 6) is -0.157. The number of nitrogens with one attached hydrogen (secondary N) is 1. The molecule has 1 aromatic carbocycles. The molecule has 0 saturated carbocycles. The molecule has 7 heteroatoms. The van der Waals surface area contributed by atoms with Gasteiger partial charge in [-0.15, -0.1) is 0 Å². The number of rotatable bonds is 2. The zero-order valence-electron chi connectivity index (χ0n) is 14.3. The van der Waals surface area contributed by atoms with Gasteiger partial charge >= 0.3 is 5.69 Å². The van der Waals surface area contributed by atoms with Gasteiger partial charge in [0, 0.05) is 13.5 Å². The molecule has 1 saturated heterocycles. The van der Waals surface area contributed by atoms with Gasteiger partial charge in [-0.05, 0) is 39.3 Å². The van der Waals surface area contributed by atoms with Crippen LogP contribution in [0.15, 0.2) is 23.0 Å². The van der Waals surface area contributed by atoms with Gasteiger partial charge in [0.1, 0.15) is 22.9 Å². The highest BCUT2D eigenvalue weighted by atomic mass is 16.5. The molecule has 1 aliphatic heterocycles. The topological polar surface area (TPSA) is 82.3 Å². The minimum atomic E-state index is -0.691. The summed E-state index contributed by atoms with van der Waals surface area (Å²) in [7, 11) is 1.66. The summed E-state index contributed by atoms with van der Waals surface area (Å²) in [5.41, 5.74) is 0.548. The molecule has 1 N–H and O–H groups in total. The van der Waals surface area contributed by atoms with Crippen molar-refractivity contribution < 1.29 is 14.3 Å². The number of fused-ring (bicyclic) bond motifs is 1. The molecule has 7 nitrogen and oxygen atoms in total. The van der Waals surface area contributed by atoms with Crippen LogP contribution in [0.3, 0.4) is 0 Å². The van der Waals surface area contributed by atoms with Crippen molar-refractivity contribution in [2.45, 2.75) is 45.3 Å². The van der Waals surface area contributed by atoms with Gasteiger partial charge in [0.2, 0.25) is 11.8 Å². The molecule has 0 radical (unpaired) electrons. The van der Waals surface area contributed by atoms with Crippen molar-refractivity contribution in [1.82, 2.24) is 14.5 Å². The van der Waals surface area contributed by atoms with Gasteiger partial charge in [0.05, 0.1) is 5.52 Å². The Hall–Kier alpha value is -2.57. The number of aryl methyl sites for hydroxylation is 1. The number of hydrogen-bond donors (Lipinski definition) is 1. The highest BCUT2D eigenvalue weighted by molar-refractivity contribution is 6.00. The molecule has 3 rings (SSSR count). The first-order valence-corrected chi connectivity index (χ1v) is 7.91. The van der Waals surface area contributed by atoms with Crippen LogP contribution in [0.5, 0.6) is 5.75 Å². The zero-order chi connectivity index (χ0) is 17.6. The second kappa shape index (κ2) is 5.51. The number of aromatic nitrogens is 2. The van der Waals surface area contributed by atoms with E-state index in [0.717, 1.165) is 0 Å². The lowest BCUT2D eigenvalue weighted by Gasteiger charge is -2.23. The van der Waals surface area contributed by atoms with E-state index in [1.54, 1.807) is 19.2 Å². The lowest BCUT2D eigenvalue weighted by Crippen LogP contribution is -2.44. The highest BCUT2D eigenvalue weighted by Crippen LogP contribution is 2.30. The summed E-state index contributed by atoms with van der Waals surface area (Å²) in [6, 6.07) is 4.70. The molecule has 0 bridgehead atoms. The van der Waals surface area contributed by atoms with Gasteiger partial charge in [-0.25, -0.2) is 4.79 Å². The van der Waals surface area contributed by atoms with Gasteiger partial charge in [0.15, 0.2) is 0 Å². The number of carbonyl (C=O) groups excluding carboxylic acids is 2. The van der Waals surface area contributed by atoms with Crippen molar-refractivity contribution in [3.05, 3.63) is 28.7 Å². The van der Waals surface area contributed by atoms with Crippen molar-refractivity contribution >= 4 is 22.8 Å². The first kappa shape index (κ1) is 16.3. The Balaban J connectivity index is 2.19. The number of para-hydroxylation sites is 1. The van der Waals surface area contributed by atoms with Crippen molar-refractivity contribution in [1.29, 1.82) is 0 Å². The lowest BCUT2D eigenvalue weighted by atomic mass is 10.1. The van der Waals surface area contributed by atoms with Crippen molar-refractivity contribution in [3.63, 3.8) is 0 Å².